The number of ether oxygens (including phenoxy) is 1. The van der Waals surface area contributed by atoms with E-state index in [2.05, 4.69) is 5.32 Å². The number of urea groups is 1. The summed E-state index contributed by atoms with van der Waals surface area (Å²) in [6.07, 6.45) is 2.99. The molecule has 3 rings (SSSR count). The van der Waals surface area contributed by atoms with Crippen molar-refractivity contribution in [2.24, 2.45) is 0 Å². The Morgan fingerprint density at radius 3 is 2.37 bits per heavy atom. The molecule has 2 heterocycles. The van der Waals surface area contributed by atoms with Crippen LogP contribution < -0.4 is 5.32 Å². The van der Waals surface area contributed by atoms with Gasteiger partial charge in [-0.25, -0.2) is 4.79 Å². The molecule has 152 valence electrons. The Morgan fingerprint density at radius 1 is 1.15 bits per heavy atom. The van der Waals surface area contributed by atoms with Crippen molar-refractivity contribution < 1.29 is 24.2 Å². The van der Waals surface area contributed by atoms with Crippen LogP contribution in [0, 0.1) is 0 Å². The first-order chi connectivity index (χ1) is 13.0. The van der Waals surface area contributed by atoms with E-state index in [0.29, 0.717) is 39.3 Å². The maximum atomic E-state index is 12.4. The molecule has 1 saturated carbocycles. The lowest BCUT2D eigenvalue weighted by Gasteiger charge is -2.43. The lowest BCUT2D eigenvalue weighted by molar-refractivity contribution is -0.142. The van der Waals surface area contributed by atoms with Crippen molar-refractivity contribution in [1.82, 2.24) is 20.0 Å². The smallest absolute Gasteiger partial charge is 0.317 e. The molecule has 3 fully saturated rings. The third kappa shape index (κ3) is 4.90. The minimum atomic E-state index is -0.820. The standard InChI is InChI=1S/C18H30N4O5/c1-2-20(12-16(23)24)14-10-13(11-14)19-18(26)22-7-5-21(6-8-22)17(25)15-4-3-9-27-15/h13-15H,2-12H2,1H3,(H,19,26)(H,23,24). The fraction of sp³-hybridized carbons (Fsp3) is 0.833. The number of carbonyl (C=O) groups is 3. The summed E-state index contributed by atoms with van der Waals surface area (Å²) in [6.45, 7) is 5.49. The van der Waals surface area contributed by atoms with Crippen molar-refractivity contribution in [2.75, 3.05) is 45.9 Å². The first-order valence-corrected chi connectivity index (χ1v) is 9.89. The van der Waals surface area contributed by atoms with E-state index in [-0.39, 0.29) is 36.7 Å². The van der Waals surface area contributed by atoms with Crippen LogP contribution >= 0.6 is 0 Å². The monoisotopic (exact) mass is 382 g/mol. The van der Waals surface area contributed by atoms with Crippen LogP contribution in [0.15, 0.2) is 0 Å². The number of hydrogen-bond acceptors (Lipinski definition) is 5. The normalized spacial score (nSPS) is 28.1. The van der Waals surface area contributed by atoms with E-state index in [1.54, 1.807) is 9.80 Å². The van der Waals surface area contributed by atoms with Gasteiger partial charge in [-0.05, 0) is 32.2 Å². The Morgan fingerprint density at radius 2 is 1.81 bits per heavy atom. The summed E-state index contributed by atoms with van der Waals surface area (Å²) in [4.78, 5) is 41.1. The summed E-state index contributed by atoms with van der Waals surface area (Å²) in [7, 11) is 0. The fourth-order valence-electron chi connectivity index (χ4n) is 4.05. The summed E-state index contributed by atoms with van der Waals surface area (Å²) in [5.41, 5.74) is 0. The van der Waals surface area contributed by atoms with Gasteiger partial charge in [-0.15, -0.1) is 0 Å². The maximum Gasteiger partial charge on any atom is 0.317 e. The van der Waals surface area contributed by atoms with Gasteiger partial charge in [-0.2, -0.15) is 0 Å². The van der Waals surface area contributed by atoms with Crippen molar-refractivity contribution in [3.8, 4) is 0 Å². The minimum absolute atomic E-state index is 0.0442. The molecule has 9 nitrogen and oxygen atoms in total. The first kappa shape index (κ1) is 19.9. The number of carbonyl (C=O) groups excluding carboxylic acids is 2. The maximum absolute atomic E-state index is 12.4. The number of carboxylic acids is 1. The van der Waals surface area contributed by atoms with E-state index in [0.717, 1.165) is 25.7 Å². The van der Waals surface area contributed by atoms with Crippen LogP contribution in [0.4, 0.5) is 4.79 Å². The largest absolute Gasteiger partial charge is 0.480 e. The number of nitrogens with one attached hydrogen (secondary N) is 1. The number of aliphatic carboxylic acids is 1. The summed E-state index contributed by atoms with van der Waals surface area (Å²) < 4.78 is 5.45. The zero-order valence-corrected chi connectivity index (χ0v) is 15.9. The summed E-state index contributed by atoms with van der Waals surface area (Å²) in [5.74, 6) is -0.771. The molecule has 9 heteroatoms. The molecule has 1 unspecified atom stereocenters. The Labute approximate surface area is 159 Å². The van der Waals surface area contributed by atoms with Gasteiger partial charge in [0.15, 0.2) is 0 Å². The molecule has 27 heavy (non-hydrogen) atoms. The van der Waals surface area contributed by atoms with Gasteiger partial charge in [0.25, 0.3) is 5.91 Å². The second-order valence-corrected chi connectivity index (χ2v) is 7.54. The molecule has 0 radical (unpaired) electrons. The van der Waals surface area contributed by atoms with E-state index < -0.39 is 5.97 Å². The van der Waals surface area contributed by atoms with Crippen LogP contribution in [0.1, 0.15) is 32.6 Å². The number of likely N-dealkylation sites (N-methyl/N-ethyl adjacent to an activating group) is 1. The average Bonchev–Trinajstić information content (AvgIpc) is 3.16. The van der Waals surface area contributed by atoms with Gasteiger partial charge in [0.2, 0.25) is 0 Å². The highest BCUT2D eigenvalue weighted by Crippen LogP contribution is 2.26. The van der Waals surface area contributed by atoms with Gasteiger partial charge in [-0.1, -0.05) is 6.92 Å². The predicted molar refractivity (Wildman–Crippen MR) is 97.4 cm³/mol. The molecular weight excluding hydrogens is 352 g/mol. The zero-order valence-electron chi connectivity index (χ0n) is 15.9. The number of hydrogen-bond donors (Lipinski definition) is 2. The summed E-state index contributed by atoms with van der Waals surface area (Å²) in [5, 5.41) is 12.0. The average molecular weight is 382 g/mol. The van der Waals surface area contributed by atoms with E-state index in [1.165, 1.54) is 0 Å². The fourth-order valence-corrected chi connectivity index (χ4v) is 4.05. The van der Waals surface area contributed by atoms with E-state index in [9.17, 15) is 14.4 Å². The first-order valence-electron chi connectivity index (χ1n) is 9.89. The molecule has 2 saturated heterocycles. The van der Waals surface area contributed by atoms with Crippen molar-refractivity contribution in [2.45, 2.75) is 50.8 Å². The quantitative estimate of drug-likeness (QED) is 0.668. The molecule has 0 spiro atoms. The molecule has 3 aliphatic rings. The summed E-state index contributed by atoms with van der Waals surface area (Å²) in [6, 6.07) is 0.220. The number of rotatable bonds is 6. The van der Waals surface area contributed by atoms with E-state index >= 15 is 0 Å². The molecule has 3 amide bonds. The van der Waals surface area contributed by atoms with Crippen molar-refractivity contribution in [3.05, 3.63) is 0 Å². The third-order valence-corrected chi connectivity index (χ3v) is 5.79. The minimum Gasteiger partial charge on any atom is -0.480 e. The lowest BCUT2D eigenvalue weighted by Crippen LogP contribution is -2.59. The van der Waals surface area contributed by atoms with E-state index in [4.69, 9.17) is 9.84 Å². The zero-order chi connectivity index (χ0) is 19.4. The molecule has 0 bridgehead atoms. The molecule has 0 aromatic rings. The predicted octanol–water partition coefficient (Wildman–Crippen LogP) is -0.0433. The Bertz CT molecular complexity index is 552. The molecule has 0 aromatic carbocycles. The molecule has 0 aromatic heterocycles. The number of piperazine rings is 1. The molecular formula is C18H30N4O5. The van der Waals surface area contributed by atoms with Crippen LogP contribution in [-0.2, 0) is 14.3 Å². The Hall–Kier alpha value is -1.87. The van der Waals surface area contributed by atoms with E-state index in [1.807, 2.05) is 11.8 Å². The van der Waals surface area contributed by atoms with Gasteiger partial charge in [-0.3, -0.25) is 14.5 Å². The van der Waals surface area contributed by atoms with Crippen LogP contribution in [-0.4, -0.2) is 102 Å². The van der Waals surface area contributed by atoms with Crippen LogP contribution in [0.5, 0.6) is 0 Å². The van der Waals surface area contributed by atoms with Gasteiger partial charge >= 0.3 is 12.0 Å². The van der Waals surface area contributed by atoms with Gasteiger partial charge < -0.3 is 25.0 Å². The second kappa shape index (κ2) is 8.88. The third-order valence-electron chi connectivity index (χ3n) is 5.79. The lowest BCUT2D eigenvalue weighted by atomic mass is 9.85. The number of amides is 3. The Kier molecular flexibility index (Phi) is 6.54. The van der Waals surface area contributed by atoms with Crippen LogP contribution in [0.3, 0.4) is 0 Å². The molecule has 1 atom stereocenters. The summed E-state index contributed by atoms with van der Waals surface area (Å²) >= 11 is 0. The highest BCUT2D eigenvalue weighted by Gasteiger charge is 2.36. The Balaban J connectivity index is 1.37. The van der Waals surface area contributed by atoms with Crippen molar-refractivity contribution >= 4 is 17.9 Å². The van der Waals surface area contributed by atoms with Gasteiger partial charge in [0, 0.05) is 44.9 Å². The highest BCUT2D eigenvalue weighted by molar-refractivity contribution is 5.81. The van der Waals surface area contributed by atoms with Crippen LogP contribution in [0.2, 0.25) is 0 Å². The molecule has 2 N–H and O–H groups in total. The molecule has 1 aliphatic carbocycles. The van der Waals surface area contributed by atoms with Gasteiger partial charge in [0.1, 0.15) is 6.10 Å². The van der Waals surface area contributed by atoms with Crippen LogP contribution in [0.25, 0.3) is 0 Å². The SMILES string of the molecule is CCN(CC(=O)O)C1CC(NC(=O)N2CCN(C(=O)C3CCCO3)CC2)C1. The van der Waals surface area contributed by atoms with Crippen molar-refractivity contribution in [3.63, 3.8) is 0 Å². The topological polar surface area (TPSA) is 102 Å². The number of carboxylic acid groups (broad SMARTS) is 1. The second-order valence-electron chi connectivity index (χ2n) is 7.54. The molecule has 2 aliphatic heterocycles. The van der Waals surface area contributed by atoms with Crippen molar-refractivity contribution in [1.29, 1.82) is 0 Å². The number of nitrogens with zero attached hydrogens (tertiary/aromatic N) is 3. The highest BCUT2D eigenvalue weighted by atomic mass is 16.5. The van der Waals surface area contributed by atoms with Gasteiger partial charge in [0.05, 0.1) is 6.54 Å².